The molecule has 25 heavy (non-hydrogen) atoms. The highest BCUT2D eigenvalue weighted by molar-refractivity contribution is 5.85. The van der Waals surface area contributed by atoms with Crippen molar-refractivity contribution < 1.29 is 27.8 Å². The minimum Gasteiger partial charge on any atom is -0.454 e. The number of benzene rings is 1. The van der Waals surface area contributed by atoms with Crippen LogP contribution >= 0.6 is 12.4 Å². The lowest BCUT2D eigenvalue weighted by molar-refractivity contribution is -0.136. The number of carbonyl (C=O) groups excluding carboxylic acids is 1. The number of nitrogens with one attached hydrogen (secondary N) is 1. The first-order valence-electron chi connectivity index (χ1n) is 7.78. The molecule has 0 aliphatic carbocycles. The molecule has 0 spiro atoms. The van der Waals surface area contributed by atoms with Gasteiger partial charge in [-0.25, -0.2) is 0 Å². The van der Waals surface area contributed by atoms with Gasteiger partial charge in [0.25, 0.3) is 0 Å². The second-order valence-corrected chi connectivity index (χ2v) is 6.09. The number of amides is 1. The van der Waals surface area contributed by atoms with Crippen LogP contribution < -0.4 is 19.5 Å². The zero-order chi connectivity index (χ0) is 17.3. The molecule has 140 valence electrons. The van der Waals surface area contributed by atoms with E-state index in [4.69, 9.17) is 9.47 Å². The summed E-state index contributed by atoms with van der Waals surface area (Å²) in [7, 11) is 1.65. The lowest BCUT2D eigenvalue weighted by atomic mass is 9.88. The first-order chi connectivity index (χ1) is 11.5. The molecule has 1 N–H and O–H groups in total. The molecule has 1 fully saturated rings. The molecule has 1 amide bonds. The number of halogens is 3. The van der Waals surface area contributed by atoms with Crippen molar-refractivity contribution in [3.05, 3.63) is 17.7 Å². The fourth-order valence-corrected chi connectivity index (χ4v) is 2.84. The van der Waals surface area contributed by atoms with Gasteiger partial charge in [-0.2, -0.15) is 8.78 Å². The van der Waals surface area contributed by atoms with Crippen LogP contribution in [-0.4, -0.2) is 44.3 Å². The maximum absolute atomic E-state index is 12.7. The average Bonchev–Trinajstić information content (AvgIpc) is 2.91. The summed E-state index contributed by atoms with van der Waals surface area (Å²) in [4.78, 5) is 14.0. The predicted molar refractivity (Wildman–Crippen MR) is 88.4 cm³/mol. The van der Waals surface area contributed by atoms with E-state index in [1.165, 1.54) is 11.0 Å². The third-order valence-electron chi connectivity index (χ3n) is 4.47. The number of hydrogen-bond acceptors (Lipinski definition) is 5. The van der Waals surface area contributed by atoms with E-state index in [1.54, 1.807) is 13.1 Å². The number of nitrogens with zero attached hydrogens (tertiary/aromatic N) is 1. The zero-order valence-electron chi connectivity index (χ0n) is 14.0. The van der Waals surface area contributed by atoms with Crippen LogP contribution in [0.5, 0.6) is 17.2 Å². The van der Waals surface area contributed by atoms with Crippen molar-refractivity contribution in [2.75, 3.05) is 26.9 Å². The molecule has 1 aromatic rings. The topological polar surface area (TPSA) is 60.0 Å². The fourth-order valence-electron chi connectivity index (χ4n) is 2.84. The molecule has 0 saturated carbocycles. The summed E-state index contributed by atoms with van der Waals surface area (Å²) >= 11 is 0. The monoisotopic (exact) mass is 378 g/mol. The Kier molecular flexibility index (Phi) is 6.29. The van der Waals surface area contributed by atoms with Crippen LogP contribution in [0.15, 0.2) is 12.1 Å². The van der Waals surface area contributed by atoms with Crippen LogP contribution in [0, 0.1) is 11.8 Å². The highest BCUT2D eigenvalue weighted by Gasteiger charge is 2.31. The van der Waals surface area contributed by atoms with E-state index in [9.17, 15) is 13.6 Å². The number of alkyl halides is 2. The lowest BCUT2D eigenvalue weighted by Crippen LogP contribution is -2.49. The Morgan fingerprint density at radius 2 is 2.00 bits per heavy atom. The van der Waals surface area contributed by atoms with E-state index >= 15 is 0 Å². The number of hydrogen-bond donors (Lipinski definition) is 1. The normalized spacial score (nSPS) is 16.8. The Balaban J connectivity index is 0.00000225. The van der Waals surface area contributed by atoms with Crippen molar-refractivity contribution in [3.8, 4) is 17.2 Å². The van der Waals surface area contributed by atoms with Crippen LogP contribution in [0.2, 0.25) is 0 Å². The second-order valence-electron chi connectivity index (χ2n) is 6.09. The third kappa shape index (κ3) is 4.24. The Bertz CT molecular complexity index is 628. The van der Waals surface area contributed by atoms with Gasteiger partial charge >= 0.3 is 6.61 Å². The molecule has 2 heterocycles. The van der Waals surface area contributed by atoms with Gasteiger partial charge < -0.3 is 24.4 Å². The van der Waals surface area contributed by atoms with Gasteiger partial charge in [-0.15, -0.1) is 12.4 Å². The standard InChI is InChI=1S/C16H20F2N2O4.ClH/c1-9(11-5-19-6-11)15(21)20(2)7-10-3-13-14(23-8-22-13)4-12(10)24-16(17)18;/h3-4,9,11,16,19H,5-8H2,1-2H3;1H. The summed E-state index contributed by atoms with van der Waals surface area (Å²) < 4.78 is 40.3. The summed E-state index contributed by atoms with van der Waals surface area (Å²) in [6.45, 7) is 0.774. The number of fused-ring (bicyclic) bond motifs is 1. The molecule has 2 aliphatic rings. The molecule has 0 aromatic heterocycles. The largest absolute Gasteiger partial charge is 0.454 e. The van der Waals surface area contributed by atoms with Gasteiger partial charge in [0.05, 0.1) is 0 Å². The minimum absolute atomic E-state index is 0. The Labute approximate surface area is 150 Å². The van der Waals surface area contributed by atoms with E-state index in [0.717, 1.165) is 13.1 Å². The van der Waals surface area contributed by atoms with Crippen LogP contribution in [0.4, 0.5) is 8.78 Å². The van der Waals surface area contributed by atoms with Gasteiger partial charge in [0.15, 0.2) is 11.5 Å². The predicted octanol–water partition coefficient (Wildman–Crippen LogP) is 2.25. The Hall–Kier alpha value is -1.80. The maximum Gasteiger partial charge on any atom is 0.387 e. The molecule has 3 rings (SSSR count). The van der Waals surface area contributed by atoms with E-state index < -0.39 is 6.61 Å². The molecular weight excluding hydrogens is 358 g/mol. The average molecular weight is 379 g/mol. The zero-order valence-corrected chi connectivity index (χ0v) is 14.8. The van der Waals surface area contributed by atoms with Gasteiger partial charge in [-0.3, -0.25) is 4.79 Å². The molecule has 0 bridgehead atoms. The van der Waals surface area contributed by atoms with Crippen LogP contribution in [0.3, 0.4) is 0 Å². The minimum atomic E-state index is -2.95. The lowest BCUT2D eigenvalue weighted by Gasteiger charge is -2.34. The molecule has 0 radical (unpaired) electrons. The van der Waals surface area contributed by atoms with E-state index in [-0.39, 0.29) is 43.3 Å². The van der Waals surface area contributed by atoms with E-state index in [1.807, 2.05) is 6.92 Å². The van der Waals surface area contributed by atoms with Gasteiger partial charge in [-0.05, 0) is 25.1 Å². The summed E-state index contributed by atoms with van der Waals surface area (Å²) in [5.41, 5.74) is 0.453. The molecule has 1 saturated heterocycles. The highest BCUT2D eigenvalue weighted by atomic mass is 35.5. The summed E-state index contributed by atoms with van der Waals surface area (Å²) in [6, 6.07) is 2.96. The van der Waals surface area contributed by atoms with Crippen molar-refractivity contribution in [1.82, 2.24) is 10.2 Å². The number of ether oxygens (including phenoxy) is 3. The fraction of sp³-hybridized carbons (Fsp3) is 0.562. The highest BCUT2D eigenvalue weighted by Crippen LogP contribution is 2.39. The SMILES string of the molecule is CC(C(=O)N(C)Cc1cc2c(cc1OC(F)F)OCO2)C1CNC1.Cl. The van der Waals surface area contributed by atoms with Crippen LogP contribution in [0.25, 0.3) is 0 Å². The number of rotatable bonds is 6. The first kappa shape index (κ1) is 19.5. The number of carbonyl (C=O) groups is 1. The third-order valence-corrected chi connectivity index (χ3v) is 4.47. The molecule has 6 nitrogen and oxygen atoms in total. The first-order valence-corrected chi connectivity index (χ1v) is 7.78. The molecule has 1 aromatic carbocycles. The van der Waals surface area contributed by atoms with Gasteiger partial charge in [-0.1, -0.05) is 6.92 Å². The van der Waals surface area contributed by atoms with Crippen molar-refractivity contribution in [3.63, 3.8) is 0 Å². The summed E-state index contributed by atoms with van der Waals surface area (Å²) in [5.74, 6) is 0.980. The maximum atomic E-state index is 12.7. The van der Waals surface area contributed by atoms with Crippen molar-refractivity contribution >= 4 is 18.3 Å². The Morgan fingerprint density at radius 3 is 2.56 bits per heavy atom. The van der Waals surface area contributed by atoms with Crippen molar-refractivity contribution in [2.45, 2.75) is 20.1 Å². The van der Waals surface area contributed by atoms with Crippen LogP contribution in [-0.2, 0) is 11.3 Å². The molecule has 9 heteroatoms. The summed E-state index contributed by atoms with van der Waals surface area (Å²) in [6.07, 6.45) is 0. The van der Waals surface area contributed by atoms with E-state index in [2.05, 4.69) is 10.1 Å². The molecule has 2 aliphatic heterocycles. The van der Waals surface area contributed by atoms with Crippen molar-refractivity contribution in [1.29, 1.82) is 0 Å². The van der Waals surface area contributed by atoms with E-state index in [0.29, 0.717) is 23.0 Å². The van der Waals surface area contributed by atoms with Gasteiger partial charge in [0, 0.05) is 31.1 Å². The molecule has 1 unspecified atom stereocenters. The van der Waals surface area contributed by atoms with Gasteiger partial charge in [0.1, 0.15) is 5.75 Å². The van der Waals surface area contributed by atoms with Gasteiger partial charge in [0.2, 0.25) is 12.7 Å². The van der Waals surface area contributed by atoms with Crippen LogP contribution in [0.1, 0.15) is 12.5 Å². The summed E-state index contributed by atoms with van der Waals surface area (Å²) in [5, 5.41) is 3.14. The van der Waals surface area contributed by atoms with Crippen molar-refractivity contribution in [2.24, 2.45) is 11.8 Å². The smallest absolute Gasteiger partial charge is 0.387 e. The second kappa shape index (κ2) is 8.05. The Morgan fingerprint density at radius 1 is 1.36 bits per heavy atom. The quantitative estimate of drug-likeness (QED) is 0.822. The molecular formula is C16H21ClF2N2O4. The molecule has 1 atom stereocenters.